The molecule has 0 rings (SSSR count). The van der Waals surface area contributed by atoms with Gasteiger partial charge in [-0.3, -0.25) is 0 Å². The Kier molecular flexibility index (Phi) is 13.8. The van der Waals surface area contributed by atoms with E-state index in [1.807, 2.05) is 34.6 Å². The highest BCUT2D eigenvalue weighted by Gasteiger charge is 2.60. The first-order valence-corrected chi connectivity index (χ1v) is 14.2. The highest BCUT2D eigenvalue weighted by molar-refractivity contribution is 14.1. The van der Waals surface area contributed by atoms with Gasteiger partial charge in [0.25, 0.3) is 0 Å². The quantitative estimate of drug-likeness (QED) is 0.200. The molecule has 5 nitrogen and oxygen atoms in total. The van der Waals surface area contributed by atoms with Gasteiger partial charge in [0.15, 0.2) is 0 Å². The molecule has 1 unspecified atom stereocenters. The summed E-state index contributed by atoms with van der Waals surface area (Å²) in [5.41, 5.74) is 0. The molecule has 0 radical (unpaired) electrons. The fraction of sp³-hybridized carbons (Fsp3) is 1.00. The average molecular weight is 479 g/mol. The Morgan fingerprint density at radius 3 is 1.43 bits per heavy atom. The molecule has 0 N–H and O–H groups in total. The van der Waals surface area contributed by atoms with Crippen LogP contribution in [0.3, 0.4) is 0 Å². The Morgan fingerprint density at radius 2 is 1.13 bits per heavy atom. The topological polar surface area (TPSA) is 46.2 Å². The third-order valence-electron chi connectivity index (χ3n) is 3.66. The fourth-order valence-corrected chi connectivity index (χ4v) is 12.9. The standard InChI is InChI=1S/C15H35IO5Si2/c1-7-17-22(18-8-2,14-12-13-16)15(6)23(19-9-3,20-10-4)21-11-5/h15H,7-14H2,1-6H3. The minimum Gasteiger partial charge on any atom is -0.394 e. The van der Waals surface area contributed by atoms with Gasteiger partial charge in [0.1, 0.15) is 0 Å². The summed E-state index contributed by atoms with van der Waals surface area (Å²) >= 11 is 2.41. The van der Waals surface area contributed by atoms with Crippen LogP contribution in [0.5, 0.6) is 0 Å². The molecule has 0 heterocycles. The molecule has 1 atom stereocenters. The Bertz CT molecular complexity index is 274. The summed E-state index contributed by atoms with van der Waals surface area (Å²) in [6, 6.07) is 0.945. The van der Waals surface area contributed by atoms with Crippen molar-refractivity contribution in [2.24, 2.45) is 0 Å². The van der Waals surface area contributed by atoms with Gasteiger partial charge in [0.05, 0.1) is 5.16 Å². The third kappa shape index (κ3) is 7.00. The Morgan fingerprint density at radius 1 is 0.739 bits per heavy atom. The maximum atomic E-state index is 6.29. The van der Waals surface area contributed by atoms with Crippen LogP contribution in [0.4, 0.5) is 0 Å². The van der Waals surface area contributed by atoms with Crippen LogP contribution in [0.25, 0.3) is 0 Å². The van der Waals surface area contributed by atoms with Gasteiger partial charge in [-0.15, -0.1) is 0 Å². The van der Waals surface area contributed by atoms with Gasteiger partial charge < -0.3 is 22.1 Å². The first-order valence-electron chi connectivity index (χ1n) is 8.78. The van der Waals surface area contributed by atoms with Crippen LogP contribution in [-0.2, 0) is 22.1 Å². The molecule has 0 aromatic rings. The van der Waals surface area contributed by atoms with E-state index >= 15 is 0 Å². The lowest BCUT2D eigenvalue weighted by atomic mass is 10.6. The van der Waals surface area contributed by atoms with E-state index < -0.39 is 17.4 Å². The molecule has 23 heavy (non-hydrogen) atoms. The molecule has 0 aromatic carbocycles. The zero-order valence-corrected chi connectivity index (χ0v) is 19.8. The second-order valence-corrected chi connectivity index (χ2v) is 13.3. The van der Waals surface area contributed by atoms with Gasteiger partial charge in [-0.2, -0.15) is 0 Å². The molecule has 0 aliphatic carbocycles. The van der Waals surface area contributed by atoms with Crippen molar-refractivity contribution in [1.29, 1.82) is 0 Å². The number of hydrogen-bond acceptors (Lipinski definition) is 5. The minimum atomic E-state index is -2.85. The molecule has 0 aliphatic rings. The van der Waals surface area contributed by atoms with E-state index in [1.165, 1.54) is 0 Å². The molecule has 140 valence electrons. The van der Waals surface area contributed by atoms with E-state index in [0.29, 0.717) is 33.0 Å². The summed E-state index contributed by atoms with van der Waals surface area (Å²) in [6.07, 6.45) is 1.08. The van der Waals surface area contributed by atoms with Gasteiger partial charge in [-0.1, -0.05) is 29.5 Å². The third-order valence-corrected chi connectivity index (χ3v) is 13.9. The monoisotopic (exact) mass is 478 g/mol. The first-order chi connectivity index (χ1) is 11.0. The molecule has 0 spiro atoms. The Labute approximate surface area is 158 Å². The summed E-state index contributed by atoms with van der Waals surface area (Å²) in [4.78, 5) is 0. The number of halogens is 1. The van der Waals surface area contributed by atoms with Gasteiger partial charge in [-0.05, 0) is 51.5 Å². The Hall–Kier alpha value is 0.964. The molecule has 0 aromatic heterocycles. The van der Waals surface area contributed by atoms with Gasteiger partial charge in [0.2, 0.25) is 0 Å². The SMILES string of the molecule is CCO[Si](CCCI)(OCC)C(C)[Si](OCC)(OCC)OCC. The molecule has 8 heteroatoms. The summed E-state index contributed by atoms with van der Waals surface area (Å²) in [5.74, 6) is 0. The van der Waals surface area contributed by atoms with Crippen molar-refractivity contribution in [1.82, 2.24) is 0 Å². The van der Waals surface area contributed by atoms with Crippen molar-refractivity contribution in [2.45, 2.75) is 59.2 Å². The summed E-state index contributed by atoms with van der Waals surface area (Å²) in [5, 5.41) is 0.0395. The number of rotatable bonds is 15. The lowest BCUT2D eigenvalue weighted by Crippen LogP contribution is -2.61. The van der Waals surface area contributed by atoms with Crippen LogP contribution in [0.15, 0.2) is 0 Å². The zero-order valence-electron chi connectivity index (χ0n) is 15.7. The van der Waals surface area contributed by atoms with E-state index in [-0.39, 0.29) is 5.16 Å². The molecule has 0 fully saturated rings. The van der Waals surface area contributed by atoms with E-state index in [9.17, 15) is 0 Å². The summed E-state index contributed by atoms with van der Waals surface area (Å²) < 4.78 is 32.0. The molecular formula is C15H35IO5Si2. The highest BCUT2D eigenvalue weighted by atomic mass is 127. The van der Waals surface area contributed by atoms with Crippen LogP contribution in [-0.4, -0.2) is 54.8 Å². The summed E-state index contributed by atoms with van der Waals surface area (Å²) in [7, 11) is -5.33. The van der Waals surface area contributed by atoms with Crippen LogP contribution in [0.2, 0.25) is 11.2 Å². The lowest BCUT2D eigenvalue weighted by Gasteiger charge is -2.42. The fourth-order valence-electron chi connectivity index (χ4n) is 2.83. The second-order valence-electron chi connectivity index (χ2n) is 5.09. The predicted octanol–water partition coefficient (Wildman–Crippen LogP) is 4.30. The number of alkyl halides is 1. The van der Waals surface area contributed by atoms with E-state index in [2.05, 4.69) is 29.5 Å². The van der Waals surface area contributed by atoms with Crippen LogP contribution in [0, 0.1) is 0 Å². The molecule has 0 amide bonds. The molecule has 0 saturated carbocycles. The van der Waals surface area contributed by atoms with Crippen molar-refractivity contribution in [2.75, 3.05) is 37.5 Å². The zero-order chi connectivity index (χ0) is 17.8. The number of hydrogen-bond donors (Lipinski definition) is 0. The van der Waals surface area contributed by atoms with Crippen molar-refractivity contribution >= 4 is 40.0 Å². The van der Waals surface area contributed by atoms with Gasteiger partial charge >= 0.3 is 17.4 Å². The first kappa shape index (κ1) is 24.0. The van der Waals surface area contributed by atoms with Crippen molar-refractivity contribution in [3.05, 3.63) is 0 Å². The molecule has 0 saturated heterocycles. The van der Waals surface area contributed by atoms with Crippen molar-refractivity contribution < 1.29 is 22.1 Å². The van der Waals surface area contributed by atoms with Gasteiger partial charge in [-0.25, -0.2) is 0 Å². The molecule has 0 bridgehead atoms. The maximum Gasteiger partial charge on any atom is 0.505 e. The van der Waals surface area contributed by atoms with E-state index in [0.717, 1.165) is 16.9 Å². The van der Waals surface area contributed by atoms with Gasteiger partial charge in [0, 0.05) is 33.0 Å². The van der Waals surface area contributed by atoms with E-state index in [4.69, 9.17) is 22.1 Å². The second kappa shape index (κ2) is 13.2. The van der Waals surface area contributed by atoms with Crippen molar-refractivity contribution in [3.8, 4) is 0 Å². The maximum absolute atomic E-state index is 6.29. The normalized spacial score (nSPS) is 14.2. The van der Waals surface area contributed by atoms with Crippen LogP contribution < -0.4 is 0 Å². The van der Waals surface area contributed by atoms with Crippen LogP contribution >= 0.6 is 22.6 Å². The average Bonchev–Trinajstić information content (AvgIpc) is 2.53. The highest BCUT2D eigenvalue weighted by Crippen LogP contribution is 2.39. The van der Waals surface area contributed by atoms with E-state index in [1.54, 1.807) is 0 Å². The molecule has 0 aliphatic heterocycles. The van der Waals surface area contributed by atoms with Crippen LogP contribution in [0.1, 0.15) is 48.0 Å². The largest absolute Gasteiger partial charge is 0.505 e. The Balaban J connectivity index is 5.71. The predicted molar refractivity (Wildman–Crippen MR) is 107 cm³/mol. The summed E-state index contributed by atoms with van der Waals surface area (Å²) in [6.45, 7) is 15.2. The lowest BCUT2D eigenvalue weighted by molar-refractivity contribution is 0.0608. The molecular weight excluding hydrogens is 443 g/mol. The smallest absolute Gasteiger partial charge is 0.394 e. The minimum absolute atomic E-state index is 0.0395. The van der Waals surface area contributed by atoms with Crippen molar-refractivity contribution in [3.63, 3.8) is 0 Å².